The zero-order valence-corrected chi connectivity index (χ0v) is 7.01. The minimum atomic E-state index is -0.227. The Kier molecular flexibility index (Phi) is 4.18. The largest absolute Gasteiger partial charge is 0.493 e. The van der Waals surface area contributed by atoms with Crippen LogP contribution in [0.5, 0.6) is 0 Å². The Labute approximate surface area is 66.0 Å². The lowest BCUT2D eigenvalue weighted by Gasteiger charge is -1.98. The van der Waals surface area contributed by atoms with E-state index in [-0.39, 0.29) is 17.3 Å². The van der Waals surface area contributed by atoms with Crippen LogP contribution in [-0.2, 0) is 14.3 Å². The first-order valence-electron chi connectivity index (χ1n) is 3.41. The highest BCUT2D eigenvalue weighted by Crippen LogP contribution is 1.98. The molecule has 0 unspecified atom stereocenters. The van der Waals surface area contributed by atoms with Crippen molar-refractivity contribution in [3.05, 3.63) is 11.8 Å². The molecule has 0 aliphatic rings. The normalized spacial score (nSPS) is 11.0. The second-order valence-electron chi connectivity index (χ2n) is 2.09. The number of methoxy groups -OCH3 is 1. The number of allylic oxidation sites excluding steroid dienone is 2. The van der Waals surface area contributed by atoms with Crippen molar-refractivity contribution < 1.29 is 14.3 Å². The molecule has 0 amide bonds. The quantitative estimate of drug-likeness (QED) is 0.452. The topological polar surface area (TPSA) is 43.4 Å². The SMILES string of the molecule is CCC(=O)/C=C(/OC)C(C)=O. The van der Waals surface area contributed by atoms with Crippen LogP contribution in [0.3, 0.4) is 0 Å². The smallest absolute Gasteiger partial charge is 0.194 e. The van der Waals surface area contributed by atoms with Crippen molar-refractivity contribution in [1.29, 1.82) is 0 Å². The van der Waals surface area contributed by atoms with Crippen molar-refractivity contribution in [2.45, 2.75) is 20.3 Å². The van der Waals surface area contributed by atoms with Crippen molar-refractivity contribution >= 4 is 11.6 Å². The molecule has 0 saturated carbocycles. The van der Waals surface area contributed by atoms with E-state index in [1.54, 1.807) is 6.92 Å². The van der Waals surface area contributed by atoms with Crippen LogP contribution >= 0.6 is 0 Å². The highest BCUT2D eigenvalue weighted by atomic mass is 16.5. The van der Waals surface area contributed by atoms with Crippen LogP contribution in [0.15, 0.2) is 11.8 Å². The summed E-state index contributed by atoms with van der Waals surface area (Å²) in [5, 5.41) is 0. The van der Waals surface area contributed by atoms with Gasteiger partial charge in [0.05, 0.1) is 7.11 Å². The first-order chi connectivity index (χ1) is 5.11. The third-order valence-corrected chi connectivity index (χ3v) is 1.21. The maximum absolute atomic E-state index is 10.8. The summed E-state index contributed by atoms with van der Waals surface area (Å²) in [6.07, 6.45) is 1.61. The molecule has 0 atom stereocenters. The van der Waals surface area contributed by atoms with E-state index in [1.165, 1.54) is 20.1 Å². The minimum absolute atomic E-state index is 0.1000. The Bertz CT molecular complexity index is 192. The maximum atomic E-state index is 10.8. The molecule has 0 aromatic rings. The number of carbonyl (C=O) groups excluding carboxylic acids is 2. The van der Waals surface area contributed by atoms with E-state index in [2.05, 4.69) is 4.74 Å². The van der Waals surface area contributed by atoms with Crippen LogP contribution in [0.4, 0.5) is 0 Å². The fourth-order valence-corrected chi connectivity index (χ4v) is 0.553. The van der Waals surface area contributed by atoms with Crippen LogP contribution in [-0.4, -0.2) is 18.7 Å². The molecule has 0 aliphatic carbocycles. The standard InChI is InChI=1S/C8H12O3/c1-4-7(10)5-8(11-3)6(2)9/h5H,4H2,1-3H3/b8-5+. The van der Waals surface area contributed by atoms with Crippen LogP contribution in [0.25, 0.3) is 0 Å². The Morgan fingerprint density at radius 2 is 2.00 bits per heavy atom. The summed E-state index contributed by atoms with van der Waals surface area (Å²) in [6.45, 7) is 3.09. The van der Waals surface area contributed by atoms with Gasteiger partial charge in [0.2, 0.25) is 0 Å². The molecule has 0 fully saturated rings. The summed E-state index contributed by atoms with van der Waals surface area (Å²) in [5.74, 6) is -0.205. The molecule has 0 saturated heterocycles. The highest BCUT2D eigenvalue weighted by Gasteiger charge is 2.04. The third kappa shape index (κ3) is 3.55. The zero-order valence-electron chi connectivity index (χ0n) is 7.01. The van der Waals surface area contributed by atoms with E-state index in [0.29, 0.717) is 6.42 Å². The van der Waals surface area contributed by atoms with Gasteiger partial charge in [0.25, 0.3) is 0 Å². The van der Waals surface area contributed by atoms with Crippen molar-refractivity contribution in [1.82, 2.24) is 0 Å². The van der Waals surface area contributed by atoms with Crippen LogP contribution < -0.4 is 0 Å². The van der Waals surface area contributed by atoms with Gasteiger partial charge in [-0.15, -0.1) is 0 Å². The van der Waals surface area contributed by atoms with Crippen LogP contribution in [0.1, 0.15) is 20.3 Å². The summed E-state index contributed by atoms with van der Waals surface area (Å²) in [4.78, 5) is 21.5. The van der Waals surface area contributed by atoms with Gasteiger partial charge in [-0.2, -0.15) is 0 Å². The van der Waals surface area contributed by atoms with E-state index in [4.69, 9.17) is 0 Å². The molecule has 0 N–H and O–H groups in total. The van der Waals surface area contributed by atoms with E-state index in [9.17, 15) is 9.59 Å². The molecule has 0 aliphatic heterocycles. The molecule has 0 bridgehead atoms. The molecule has 3 nitrogen and oxygen atoms in total. The van der Waals surface area contributed by atoms with Gasteiger partial charge in [-0.3, -0.25) is 9.59 Å². The Morgan fingerprint density at radius 1 is 1.45 bits per heavy atom. The molecule has 0 aromatic carbocycles. The predicted molar refractivity (Wildman–Crippen MR) is 41.1 cm³/mol. The summed E-state index contributed by atoms with van der Waals surface area (Å²) < 4.78 is 4.67. The molecule has 0 spiro atoms. The molecule has 0 radical (unpaired) electrons. The summed E-state index contributed by atoms with van der Waals surface area (Å²) in [6, 6.07) is 0. The van der Waals surface area contributed by atoms with Crippen LogP contribution in [0, 0.1) is 0 Å². The van der Waals surface area contributed by atoms with Crippen molar-refractivity contribution in [2.75, 3.05) is 7.11 Å². The van der Waals surface area contributed by atoms with Crippen LogP contribution in [0.2, 0.25) is 0 Å². The van der Waals surface area contributed by atoms with Gasteiger partial charge in [-0.05, 0) is 0 Å². The monoisotopic (exact) mass is 156 g/mol. The minimum Gasteiger partial charge on any atom is -0.493 e. The van der Waals surface area contributed by atoms with Crippen molar-refractivity contribution in [3.8, 4) is 0 Å². The summed E-state index contributed by atoms with van der Waals surface area (Å²) in [5.41, 5.74) is 0. The molecule has 0 rings (SSSR count). The average Bonchev–Trinajstić information content (AvgIpc) is 1.99. The molecule has 0 heterocycles. The fourth-order valence-electron chi connectivity index (χ4n) is 0.553. The zero-order chi connectivity index (χ0) is 8.85. The number of Topliss-reactive ketones (excluding diaryl/α,β-unsaturated/α-hetero) is 1. The Hall–Kier alpha value is -1.12. The van der Waals surface area contributed by atoms with Gasteiger partial charge in [-0.25, -0.2) is 0 Å². The van der Waals surface area contributed by atoms with E-state index >= 15 is 0 Å². The molecule has 0 aromatic heterocycles. The van der Waals surface area contributed by atoms with Gasteiger partial charge in [0.15, 0.2) is 17.3 Å². The lowest BCUT2D eigenvalue weighted by molar-refractivity contribution is -0.118. The van der Waals surface area contributed by atoms with E-state index in [1.807, 2.05) is 0 Å². The van der Waals surface area contributed by atoms with Gasteiger partial charge in [0, 0.05) is 19.4 Å². The predicted octanol–water partition coefficient (Wildman–Crippen LogP) is 1.08. The third-order valence-electron chi connectivity index (χ3n) is 1.21. The van der Waals surface area contributed by atoms with E-state index < -0.39 is 0 Å². The Morgan fingerprint density at radius 3 is 2.27 bits per heavy atom. The van der Waals surface area contributed by atoms with E-state index in [0.717, 1.165) is 0 Å². The number of hydrogen-bond acceptors (Lipinski definition) is 3. The van der Waals surface area contributed by atoms with Gasteiger partial charge >= 0.3 is 0 Å². The fraction of sp³-hybridized carbons (Fsp3) is 0.500. The Balaban J connectivity index is 4.35. The number of hydrogen-bond donors (Lipinski definition) is 0. The first kappa shape index (κ1) is 9.88. The molecule has 11 heavy (non-hydrogen) atoms. The van der Waals surface area contributed by atoms with Gasteiger partial charge < -0.3 is 4.74 Å². The summed E-state index contributed by atoms with van der Waals surface area (Å²) >= 11 is 0. The number of carbonyl (C=O) groups is 2. The van der Waals surface area contributed by atoms with Gasteiger partial charge in [0.1, 0.15) is 0 Å². The molecule has 3 heteroatoms. The second kappa shape index (κ2) is 4.66. The number of ether oxygens (including phenoxy) is 1. The maximum Gasteiger partial charge on any atom is 0.194 e. The summed E-state index contributed by atoms with van der Waals surface area (Å²) in [7, 11) is 1.37. The molecule has 62 valence electrons. The lowest BCUT2D eigenvalue weighted by Crippen LogP contribution is -2.02. The molecular formula is C8H12O3. The van der Waals surface area contributed by atoms with Gasteiger partial charge in [-0.1, -0.05) is 6.92 Å². The number of ketones is 2. The second-order valence-corrected chi connectivity index (χ2v) is 2.09. The molecular weight excluding hydrogens is 144 g/mol. The van der Waals surface area contributed by atoms with Crippen molar-refractivity contribution in [3.63, 3.8) is 0 Å². The van der Waals surface area contributed by atoms with Crippen molar-refractivity contribution in [2.24, 2.45) is 0 Å². The first-order valence-corrected chi connectivity index (χ1v) is 3.41. The highest BCUT2D eigenvalue weighted by molar-refractivity contribution is 6.00. The lowest BCUT2D eigenvalue weighted by atomic mass is 10.2. The number of rotatable bonds is 4. The average molecular weight is 156 g/mol.